The molecule has 4 heteroatoms. The molecule has 2 heterocycles. The molecule has 0 aliphatic rings. The number of pyridine rings is 1. The number of aromatic nitrogens is 1. The van der Waals surface area contributed by atoms with E-state index in [4.69, 9.17) is 4.42 Å². The molecule has 0 amide bonds. The third kappa shape index (κ3) is 1.84. The molecule has 1 atom stereocenters. The molecular formula is C12H13FN2O. The van der Waals surface area contributed by atoms with Gasteiger partial charge in [-0.05, 0) is 26.1 Å². The molecule has 0 aliphatic carbocycles. The average Bonchev–Trinajstić information content (AvgIpc) is 2.69. The van der Waals surface area contributed by atoms with Gasteiger partial charge in [0, 0.05) is 17.3 Å². The summed E-state index contributed by atoms with van der Waals surface area (Å²) in [5, 5.41) is 3.07. The fraction of sp³-hybridized carbons (Fsp3) is 0.250. The minimum absolute atomic E-state index is 0.207. The van der Waals surface area contributed by atoms with E-state index in [-0.39, 0.29) is 11.9 Å². The molecule has 84 valence electrons. The highest BCUT2D eigenvalue weighted by Crippen LogP contribution is 2.26. The van der Waals surface area contributed by atoms with Crippen molar-refractivity contribution in [1.29, 1.82) is 0 Å². The summed E-state index contributed by atoms with van der Waals surface area (Å²) < 4.78 is 18.8. The zero-order valence-corrected chi connectivity index (χ0v) is 9.20. The molecule has 1 unspecified atom stereocenters. The summed E-state index contributed by atoms with van der Waals surface area (Å²) in [6.07, 6.45) is 4.40. The highest BCUT2D eigenvalue weighted by atomic mass is 19.1. The van der Waals surface area contributed by atoms with Gasteiger partial charge in [-0.15, -0.1) is 0 Å². The number of aryl methyl sites for hydroxylation is 1. The van der Waals surface area contributed by atoms with Crippen LogP contribution in [0.15, 0.2) is 35.2 Å². The Bertz CT molecular complexity index is 481. The number of halogens is 1. The number of hydrogen-bond acceptors (Lipinski definition) is 3. The Morgan fingerprint density at radius 2 is 2.19 bits per heavy atom. The largest absolute Gasteiger partial charge is 0.469 e. The van der Waals surface area contributed by atoms with Gasteiger partial charge in [0.15, 0.2) is 0 Å². The van der Waals surface area contributed by atoms with E-state index in [1.165, 1.54) is 6.20 Å². The second kappa shape index (κ2) is 4.45. The smallest absolute Gasteiger partial charge is 0.146 e. The highest BCUT2D eigenvalue weighted by Gasteiger charge is 2.19. The van der Waals surface area contributed by atoms with Crippen LogP contribution in [0.2, 0.25) is 0 Å². The normalized spacial score (nSPS) is 12.7. The second-order valence-electron chi connectivity index (χ2n) is 3.55. The summed E-state index contributed by atoms with van der Waals surface area (Å²) in [5.74, 6) is 0.470. The lowest BCUT2D eigenvalue weighted by atomic mass is 10.0. The van der Waals surface area contributed by atoms with Gasteiger partial charge in [0.05, 0.1) is 18.5 Å². The van der Waals surface area contributed by atoms with Gasteiger partial charge >= 0.3 is 0 Å². The molecule has 16 heavy (non-hydrogen) atoms. The molecule has 1 N–H and O–H groups in total. The molecule has 0 aromatic carbocycles. The Balaban J connectivity index is 2.45. The molecule has 2 rings (SSSR count). The minimum Gasteiger partial charge on any atom is -0.469 e. The van der Waals surface area contributed by atoms with E-state index >= 15 is 0 Å². The number of nitrogens with one attached hydrogen (secondary N) is 1. The molecule has 0 bridgehead atoms. The van der Waals surface area contributed by atoms with Crippen LogP contribution in [0.1, 0.15) is 22.9 Å². The standard InChI is InChI=1S/C12H13FN2O/c1-8-9(4-6-16-8)12(14-2)10-3-5-15-7-11(10)13/h3-7,12,14H,1-2H3. The van der Waals surface area contributed by atoms with Gasteiger partial charge in [-0.25, -0.2) is 4.39 Å². The first kappa shape index (κ1) is 10.8. The lowest BCUT2D eigenvalue weighted by Crippen LogP contribution is -2.19. The van der Waals surface area contributed by atoms with E-state index in [0.717, 1.165) is 11.3 Å². The van der Waals surface area contributed by atoms with Crippen molar-refractivity contribution in [3.63, 3.8) is 0 Å². The molecule has 3 nitrogen and oxygen atoms in total. The van der Waals surface area contributed by atoms with Crippen molar-refractivity contribution in [2.24, 2.45) is 0 Å². The van der Waals surface area contributed by atoms with Crippen LogP contribution in [-0.2, 0) is 0 Å². The van der Waals surface area contributed by atoms with Crippen molar-refractivity contribution in [3.05, 3.63) is 53.5 Å². The molecule has 0 fully saturated rings. The summed E-state index contributed by atoms with van der Waals surface area (Å²) in [6.45, 7) is 1.86. The summed E-state index contributed by atoms with van der Waals surface area (Å²) in [7, 11) is 1.79. The van der Waals surface area contributed by atoms with Crippen molar-refractivity contribution in [3.8, 4) is 0 Å². The third-order valence-electron chi connectivity index (χ3n) is 2.61. The van der Waals surface area contributed by atoms with Gasteiger partial charge in [-0.3, -0.25) is 4.98 Å². The molecule has 0 aliphatic heterocycles. The SMILES string of the molecule is CNC(c1ccncc1F)c1ccoc1C. The van der Waals surface area contributed by atoms with Crippen molar-refractivity contribution in [2.45, 2.75) is 13.0 Å². The quantitative estimate of drug-likeness (QED) is 0.863. The fourth-order valence-corrected chi connectivity index (χ4v) is 1.79. The van der Waals surface area contributed by atoms with Crippen LogP contribution in [0, 0.1) is 12.7 Å². The van der Waals surface area contributed by atoms with Crippen LogP contribution in [0.4, 0.5) is 4.39 Å². The van der Waals surface area contributed by atoms with E-state index in [2.05, 4.69) is 10.3 Å². The first-order valence-electron chi connectivity index (χ1n) is 5.04. The van der Waals surface area contributed by atoms with Crippen LogP contribution in [-0.4, -0.2) is 12.0 Å². The molecule has 2 aromatic heterocycles. The molecule has 0 saturated carbocycles. The van der Waals surface area contributed by atoms with E-state index in [9.17, 15) is 4.39 Å². The van der Waals surface area contributed by atoms with Gasteiger partial charge in [-0.2, -0.15) is 0 Å². The Morgan fingerprint density at radius 1 is 1.38 bits per heavy atom. The number of rotatable bonds is 3. The predicted octanol–water partition coefficient (Wildman–Crippen LogP) is 2.43. The predicted molar refractivity (Wildman–Crippen MR) is 58.5 cm³/mol. The zero-order chi connectivity index (χ0) is 11.5. The van der Waals surface area contributed by atoms with Crippen LogP contribution in [0.3, 0.4) is 0 Å². The van der Waals surface area contributed by atoms with Crippen molar-refractivity contribution >= 4 is 0 Å². The fourth-order valence-electron chi connectivity index (χ4n) is 1.79. The van der Waals surface area contributed by atoms with Gasteiger partial charge in [0.2, 0.25) is 0 Å². The van der Waals surface area contributed by atoms with Gasteiger partial charge < -0.3 is 9.73 Å². The topological polar surface area (TPSA) is 38.1 Å². The van der Waals surface area contributed by atoms with Crippen LogP contribution >= 0.6 is 0 Å². The van der Waals surface area contributed by atoms with Gasteiger partial charge in [-0.1, -0.05) is 0 Å². The lowest BCUT2D eigenvalue weighted by Gasteiger charge is -2.16. The Morgan fingerprint density at radius 3 is 2.75 bits per heavy atom. The van der Waals surface area contributed by atoms with Gasteiger partial charge in [0.1, 0.15) is 11.6 Å². The molecular weight excluding hydrogens is 207 g/mol. The summed E-state index contributed by atoms with van der Waals surface area (Å²) >= 11 is 0. The molecule has 2 aromatic rings. The number of hydrogen-bond donors (Lipinski definition) is 1. The van der Waals surface area contributed by atoms with E-state index < -0.39 is 0 Å². The highest BCUT2D eigenvalue weighted by molar-refractivity contribution is 5.32. The average molecular weight is 220 g/mol. The minimum atomic E-state index is -0.317. The maximum absolute atomic E-state index is 13.6. The van der Waals surface area contributed by atoms with E-state index in [1.807, 2.05) is 13.0 Å². The summed E-state index contributed by atoms with van der Waals surface area (Å²) in [5.41, 5.74) is 1.51. The maximum atomic E-state index is 13.6. The molecule has 0 saturated heterocycles. The second-order valence-corrected chi connectivity index (χ2v) is 3.55. The number of furan rings is 1. The number of nitrogens with zero attached hydrogens (tertiary/aromatic N) is 1. The van der Waals surface area contributed by atoms with Crippen molar-refractivity contribution < 1.29 is 8.81 Å². The van der Waals surface area contributed by atoms with Crippen LogP contribution < -0.4 is 5.32 Å². The summed E-state index contributed by atoms with van der Waals surface area (Å²) in [6, 6.07) is 3.31. The monoisotopic (exact) mass is 220 g/mol. The van der Waals surface area contributed by atoms with E-state index in [1.54, 1.807) is 25.6 Å². The molecule has 0 spiro atoms. The summed E-state index contributed by atoms with van der Waals surface area (Å²) in [4.78, 5) is 3.74. The van der Waals surface area contributed by atoms with E-state index in [0.29, 0.717) is 5.56 Å². The first-order valence-corrected chi connectivity index (χ1v) is 5.04. The third-order valence-corrected chi connectivity index (χ3v) is 2.61. The van der Waals surface area contributed by atoms with Crippen molar-refractivity contribution in [2.75, 3.05) is 7.05 Å². The maximum Gasteiger partial charge on any atom is 0.146 e. The Kier molecular flexibility index (Phi) is 3.01. The molecule has 0 radical (unpaired) electrons. The zero-order valence-electron chi connectivity index (χ0n) is 9.20. The van der Waals surface area contributed by atoms with Crippen molar-refractivity contribution in [1.82, 2.24) is 10.3 Å². The van der Waals surface area contributed by atoms with Crippen LogP contribution in [0.25, 0.3) is 0 Å². The Labute approximate surface area is 93.3 Å². The Hall–Kier alpha value is -1.68. The lowest BCUT2D eigenvalue weighted by molar-refractivity contribution is 0.518. The first-order chi connectivity index (χ1) is 7.74. The van der Waals surface area contributed by atoms with Gasteiger partial charge in [0.25, 0.3) is 0 Å². The van der Waals surface area contributed by atoms with Crippen LogP contribution in [0.5, 0.6) is 0 Å².